The molecule has 0 saturated heterocycles. The van der Waals surface area contributed by atoms with Gasteiger partial charge in [-0.2, -0.15) is 0 Å². The van der Waals surface area contributed by atoms with E-state index in [0.717, 1.165) is 11.1 Å². The van der Waals surface area contributed by atoms with Crippen LogP contribution in [0.5, 0.6) is 5.75 Å². The molecule has 0 bridgehead atoms. The molecule has 0 saturated carbocycles. The molecule has 4 heteroatoms. The zero-order chi connectivity index (χ0) is 22.3. The SMILES string of the molecule is O=C(/C=C/c1cccc(OC(=O)c2ccccc2F)c1)c1ccc(-c2ccccc2)cc1. The lowest BCUT2D eigenvalue weighted by Crippen LogP contribution is -2.10. The number of ketones is 1. The van der Waals surface area contributed by atoms with Crippen molar-refractivity contribution in [3.8, 4) is 16.9 Å². The zero-order valence-corrected chi connectivity index (χ0v) is 17.1. The third kappa shape index (κ3) is 5.05. The fourth-order valence-corrected chi connectivity index (χ4v) is 3.20. The summed E-state index contributed by atoms with van der Waals surface area (Å²) in [5, 5.41) is 0. The topological polar surface area (TPSA) is 43.4 Å². The summed E-state index contributed by atoms with van der Waals surface area (Å²) in [6.45, 7) is 0. The minimum atomic E-state index is -0.779. The van der Waals surface area contributed by atoms with E-state index in [1.807, 2.05) is 42.5 Å². The lowest BCUT2D eigenvalue weighted by atomic mass is 10.0. The molecule has 0 aliphatic carbocycles. The van der Waals surface area contributed by atoms with E-state index in [1.165, 1.54) is 24.3 Å². The minimum Gasteiger partial charge on any atom is -0.423 e. The second-order valence-corrected chi connectivity index (χ2v) is 7.08. The van der Waals surface area contributed by atoms with Crippen molar-refractivity contribution in [2.45, 2.75) is 0 Å². The van der Waals surface area contributed by atoms with Gasteiger partial charge in [0, 0.05) is 5.56 Å². The molecule has 156 valence electrons. The lowest BCUT2D eigenvalue weighted by Gasteiger charge is -2.06. The number of carbonyl (C=O) groups excluding carboxylic acids is 2. The number of carbonyl (C=O) groups is 2. The number of halogens is 1. The van der Waals surface area contributed by atoms with E-state index in [4.69, 9.17) is 4.74 Å². The van der Waals surface area contributed by atoms with Crippen LogP contribution in [-0.2, 0) is 0 Å². The highest BCUT2D eigenvalue weighted by molar-refractivity contribution is 6.07. The first-order valence-electron chi connectivity index (χ1n) is 10.0. The van der Waals surface area contributed by atoms with Crippen LogP contribution in [0.2, 0.25) is 0 Å². The molecule has 0 radical (unpaired) electrons. The van der Waals surface area contributed by atoms with Crippen molar-refractivity contribution in [3.05, 3.63) is 132 Å². The van der Waals surface area contributed by atoms with Crippen molar-refractivity contribution in [1.29, 1.82) is 0 Å². The predicted molar refractivity (Wildman–Crippen MR) is 123 cm³/mol. The van der Waals surface area contributed by atoms with E-state index in [2.05, 4.69) is 0 Å². The molecule has 0 aliphatic rings. The van der Waals surface area contributed by atoms with Crippen LogP contribution < -0.4 is 4.74 Å². The van der Waals surface area contributed by atoms with Crippen LogP contribution in [0.3, 0.4) is 0 Å². The van der Waals surface area contributed by atoms with Gasteiger partial charge in [0.1, 0.15) is 11.6 Å². The molecule has 0 spiro atoms. The number of ether oxygens (including phenoxy) is 1. The summed E-state index contributed by atoms with van der Waals surface area (Å²) in [6, 6.07) is 29.7. The summed E-state index contributed by atoms with van der Waals surface area (Å²) in [5.41, 5.74) is 3.24. The van der Waals surface area contributed by atoms with E-state index < -0.39 is 11.8 Å². The Hall–Kier alpha value is -4.31. The van der Waals surface area contributed by atoms with Crippen LogP contribution in [0, 0.1) is 5.82 Å². The van der Waals surface area contributed by atoms with Gasteiger partial charge in [0.2, 0.25) is 0 Å². The highest BCUT2D eigenvalue weighted by Gasteiger charge is 2.13. The Bertz CT molecular complexity index is 1280. The smallest absolute Gasteiger partial charge is 0.346 e. The summed E-state index contributed by atoms with van der Waals surface area (Å²) in [7, 11) is 0. The molecule has 4 aromatic rings. The number of hydrogen-bond acceptors (Lipinski definition) is 3. The monoisotopic (exact) mass is 422 g/mol. The van der Waals surface area contributed by atoms with Crippen LogP contribution >= 0.6 is 0 Å². The lowest BCUT2D eigenvalue weighted by molar-refractivity contribution is 0.0729. The number of rotatable bonds is 6. The summed E-state index contributed by atoms with van der Waals surface area (Å²) in [6.07, 6.45) is 3.11. The molecule has 0 aliphatic heterocycles. The number of benzene rings is 4. The molecule has 4 rings (SSSR count). The van der Waals surface area contributed by atoms with E-state index in [1.54, 1.807) is 48.5 Å². The second kappa shape index (κ2) is 9.67. The molecule has 0 unspecified atom stereocenters. The van der Waals surface area contributed by atoms with Gasteiger partial charge in [-0.3, -0.25) is 4.79 Å². The van der Waals surface area contributed by atoms with Gasteiger partial charge >= 0.3 is 5.97 Å². The zero-order valence-electron chi connectivity index (χ0n) is 17.1. The average Bonchev–Trinajstić information content (AvgIpc) is 2.83. The van der Waals surface area contributed by atoms with E-state index in [-0.39, 0.29) is 17.1 Å². The summed E-state index contributed by atoms with van der Waals surface area (Å²) >= 11 is 0. The van der Waals surface area contributed by atoms with Crippen molar-refractivity contribution in [2.24, 2.45) is 0 Å². The van der Waals surface area contributed by atoms with Gasteiger partial charge < -0.3 is 4.74 Å². The third-order valence-corrected chi connectivity index (χ3v) is 4.87. The summed E-state index contributed by atoms with van der Waals surface area (Å²) in [4.78, 5) is 24.7. The van der Waals surface area contributed by atoms with Crippen LogP contribution in [0.1, 0.15) is 26.3 Å². The van der Waals surface area contributed by atoms with E-state index in [9.17, 15) is 14.0 Å². The van der Waals surface area contributed by atoms with E-state index in [0.29, 0.717) is 11.1 Å². The van der Waals surface area contributed by atoms with Crippen molar-refractivity contribution in [2.75, 3.05) is 0 Å². The molecule has 0 heterocycles. The fraction of sp³-hybridized carbons (Fsp3) is 0. The van der Waals surface area contributed by atoms with Gasteiger partial charge in [-0.05, 0) is 47.0 Å². The quantitative estimate of drug-likeness (QED) is 0.152. The van der Waals surface area contributed by atoms with Crippen molar-refractivity contribution < 1.29 is 18.7 Å². The van der Waals surface area contributed by atoms with Gasteiger partial charge in [-0.15, -0.1) is 0 Å². The molecule has 0 amide bonds. The Morgan fingerprint density at radius 2 is 1.41 bits per heavy atom. The van der Waals surface area contributed by atoms with Crippen molar-refractivity contribution in [1.82, 2.24) is 0 Å². The number of esters is 1. The molecule has 4 aromatic carbocycles. The maximum atomic E-state index is 13.8. The van der Waals surface area contributed by atoms with E-state index >= 15 is 0 Å². The van der Waals surface area contributed by atoms with Gasteiger partial charge in [0.25, 0.3) is 0 Å². The molecular weight excluding hydrogens is 403 g/mol. The van der Waals surface area contributed by atoms with Gasteiger partial charge in [0.05, 0.1) is 5.56 Å². The Balaban J connectivity index is 1.44. The first-order chi connectivity index (χ1) is 15.6. The summed E-state index contributed by atoms with van der Waals surface area (Å²) < 4.78 is 19.0. The average molecular weight is 422 g/mol. The molecule has 0 atom stereocenters. The predicted octanol–water partition coefficient (Wildman–Crippen LogP) is 6.61. The molecular formula is C28H19FO3. The van der Waals surface area contributed by atoms with Gasteiger partial charge in [0.15, 0.2) is 5.78 Å². The largest absolute Gasteiger partial charge is 0.423 e. The second-order valence-electron chi connectivity index (χ2n) is 7.08. The number of allylic oxidation sites excluding steroid dienone is 1. The fourth-order valence-electron chi connectivity index (χ4n) is 3.20. The Morgan fingerprint density at radius 3 is 2.16 bits per heavy atom. The highest BCUT2D eigenvalue weighted by Crippen LogP contribution is 2.20. The third-order valence-electron chi connectivity index (χ3n) is 4.87. The first kappa shape index (κ1) is 20.9. The van der Waals surface area contributed by atoms with Crippen molar-refractivity contribution in [3.63, 3.8) is 0 Å². The first-order valence-corrected chi connectivity index (χ1v) is 10.0. The molecule has 0 N–H and O–H groups in total. The molecule has 0 fully saturated rings. The van der Waals surface area contributed by atoms with Crippen LogP contribution in [-0.4, -0.2) is 11.8 Å². The maximum Gasteiger partial charge on any atom is 0.346 e. The van der Waals surface area contributed by atoms with Crippen LogP contribution in [0.25, 0.3) is 17.2 Å². The Morgan fingerprint density at radius 1 is 0.719 bits per heavy atom. The maximum absolute atomic E-state index is 13.8. The normalized spacial score (nSPS) is 10.8. The standard InChI is InChI=1S/C28H19FO3/c29-26-12-5-4-11-25(26)28(31)32-24-10-6-7-20(19-24)13-18-27(30)23-16-14-22(15-17-23)21-8-2-1-3-9-21/h1-19H/b18-13+. The highest BCUT2D eigenvalue weighted by atomic mass is 19.1. The molecule has 32 heavy (non-hydrogen) atoms. The minimum absolute atomic E-state index is 0.137. The van der Waals surface area contributed by atoms with Crippen molar-refractivity contribution >= 4 is 17.8 Å². The van der Waals surface area contributed by atoms with Crippen LogP contribution in [0.15, 0.2) is 109 Å². The Labute approximate surface area is 185 Å². The van der Waals surface area contributed by atoms with Gasteiger partial charge in [-0.1, -0.05) is 84.9 Å². The van der Waals surface area contributed by atoms with Gasteiger partial charge in [-0.25, -0.2) is 9.18 Å². The molecule has 0 aromatic heterocycles. The number of hydrogen-bond donors (Lipinski definition) is 0. The molecule has 3 nitrogen and oxygen atoms in total. The Kier molecular flexibility index (Phi) is 6.33. The summed E-state index contributed by atoms with van der Waals surface area (Å²) in [5.74, 6) is -1.30. The van der Waals surface area contributed by atoms with Crippen LogP contribution in [0.4, 0.5) is 4.39 Å².